The van der Waals surface area contributed by atoms with Crippen LogP contribution in [0.1, 0.15) is 17.0 Å². The van der Waals surface area contributed by atoms with Crippen LogP contribution in [-0.4, -0.2) is 14.5 Å². The van der Waals surface area contributed by atoms with E-state index >= 15 is 0 Å². The van der Waals surface area contributed by atoms with E-state index < -0.39 is 11.7 Å². The van der Waals surface area contributed by atoms with Crippen LogP contribution in [0, 0.1) is 6.92 Å². The number of alkyl halides is 3. The lowest BCUT2D eigenvalue weighted by atomic mass is 10.1. The molecule has 2 heterocycles. The monoisotopic (exact) mass is 307 g/mol. The number of benzene rings is 1. The van der Waals surface area contributed by atoms with Gasteiger partial charge in [0.25, 0.3) is 0 Å². The van der Waals surface area contributed by atoms with E-state index in [4.69, 9.17) is 4.42 Å². The first-order chi connectivity index (χ1) is 10.4. The number of aromatic nitrogens is 3. The third-order valence-electron chi connectivity index (χ3n) is 3.22. The Morgan fingerprint density at radius 1 is 1.27 bits per heavy atom. The van der Waals surface area contributed by atoms with E-state index in [1.54, 1.807) is 36.3 Å². The molecule has 3 aromatic rings. The van der Waals surface area contributed by atoms with Crippen LogP contribution in [0.15, 0.2) is 47.4 Å². The van der Waals surface area contributed by atoms with Crippen molar-refractivity contribution in [3.63, 3.8) is 0 Å². The summed E-state index contributed by atoms with van der Waals surface area (Å²) in [5.41, 5.74) is 0.234. The second kappa shape index (κ2) is 5.32. The van der Waals surface area contributed by atoms with Crippen molar-refractivity contribution in [2.45, 2.75) is 19.6 Å². The summed E-state index contributed by atoms with van der Waals surface area (Å²) in [6, 6.07) is 4.94. The molecule has 0 fully saturated rings. The highest BCUT2D eigenvalue weighted by Crippen LogP contribution is 2.32. The first-order valence-corrected chi connectivity index (χ1v) is 6.53. The zero-order valence-corrected chi connectivity index (χ0v) is 11.6. The van der Waals surface area contributed by atoms with Gasteiger partial charge in [-0.3, -0.25) is 0 Å². The Morgan fingerprint density at radius 2 is 2.09 bits per heavy atom. The molecule has 0 radical (unpaired) electrons. The molecule has 0 saturated carbocycles. The first-order valence-electron chi connectivity index (χ1n) is 6.53. The van der Waals surface area contributed by atoms with Crippen molar-refractivity contribution in [1.29, 1.82) is 0 Å². The molecule has 0 atom stereocenters. The average molecular weight is 307 g/mol. The Balaban J connectivity index is 1.93. The fourth-order valence-electron chi connectivity index (χ4n) is 2.08. The van der Waals surface area contributed by atoms with Crippen LogP contribution >= 0.6 is 0 Å². The Kier molecular flexibility index (Phi) is 3.48. The summed E-state index contributed by atoms with van der Waals surface area (Å²) >= 11 is 0. The average Bonchev–Trinajstić information content (AvgIpc) is 3.09. The van der Waals surface area contributed by atoms with E-state index in [-0.39, 0.29) is 5.89 Å². The van der Waals surface area contributed by atoms with Gasteiger partial charge in [0, 0.05) is 18.0 Å². The number of rotatable bonds is 3. The predicted molar refractivity (Wildman–Crippen MR) is 73.0 cm³/mol. The minimum absolute atomic E-state index is 0.179. The molecule has 114 valence electrons. The maximum Gasteiger partial charge on any atom is 0.416 e. The van der Waals surface area contributed by atoms with E-state index in [9.17, 15) is 13.2 Å². The molecule has 0 unspecified atom stereocenters. The second-order valence-corrected chi connectivity index (χ2v) is 4.84. The third kappa shape index (κ3) is 2.88. The fourth-order valence-corrected chi connectivity index (χ4v) is 2.08. The fraction of sp³-hybridized carbons (Fsp3) is 0.200. The van der Waals surface area contributed by atoms with Gasteiger partial charge in [-0.2, -0.15) is 13.2 Å². The van der Waals surface area contributed by atoms with E-state index in [0.29, 0.717) is 23.6 Å². The van der Waals surface area contributed by atoms with Crippen LogP contribution in [0.25, 0.3) is 11.5 Å². The van der Waals surface area contributed by atoms with Gasteiger partial charge in [-0.25, -0.2) is 9.97 Å². The summed E-state index contributed by atoms with van der Waals surface area (Å²) in [7, 11) is 0. The highest BCUT2D eigenvalue weighted by atomic mass is 19.4. The van der Waals surface area contributed by atoms with Gasteiger partial charge < -0.3 is 8.98 Å². The summed E-state index contributed by atoms with van der Waals surface area (Å²) in [5, 5.41) is 0. The molecule has 0 bridgehead atoms. The Hall–Kier alpha value is -2.57. The minimum Gasteiger partial charge on any atom is -0.441 e. The highest BCUT2D eigenvalue weighted by Gasteiger charge is 2.30. The summed E-state index contributed by atoms with van der Waals surface area (Å²) in [5.74, 6) is 0.750. The molecule has 0 amide bonds. The molecule has 22 heavy (non-hydrogen) atoms. The van der Waals surface area contributed by atoms with Gasteiger partial charge in [-0.15, -0.1) is 0 Å². The largest absolute Gasteiger partial charge is 0.441 e. The smallest absolute Gasteiger partial charge is 0.416 e. The predicted octanol–water partition coefficient (Wildman–Crippen LogP) is 3.91. The van der Waals surface area contributed by atoms with Crippen LogP contribution in [0.3, 0.4) is 0 Å². The van der Waals surface area contributed by atoms with Crippen molar-refractivity contribution in [3.05, 3.63) is 60.0 Å². The molecule has 0 spiro atoms. The first kappa shape index (κ1) is 14.4. The molecular weight excluding hydrogens is 295 g/mol. The lowest BCUT2D eigenvalue weighted by molar-refractivity contribution is -0.137. The zero-order chi connectivity index (χ0) is 15.7. The standard InChI is InChI=1S/C15H12F3N3O/c1-10-13(8-21-6-5-19-9-21)20-14(22-10)11-3-2-4-12(7-11)15(16,17)18/h2-7,9H,8H2,1H3. The normalized spacial score (nSPS) is 11.8. The van der Waals surface area contributed by atoms with Gasteiger partial charge in [-0.05, 0) is 25.1 Å². The van der Waals surface area contributed by atoms with Crippen molar-refractivity contribution < 1.29 is 17.6 Å². The number of oxazole rings is 1. The molecule has 2 aromatic heterocycles. The molecular formula is C15H12F3N3O. The molecule has 0 saturated heterocycles. The summed E-state index contributed by atoms with van der Waals surface area (Å²) in [4.78, 5) is 8.23. The van der Waals surface area contributed by atoms with E-state index in [1.165, 1.54) is 6.07 Å². The number of aryl methyl sites for hydroxylation is 1. The number of hydrogen-bond acceptors (Lipinski definition) is 3. The molecule has 3 rings (SSSR count). The van der Waals surface area contributed by atoms with Crippen LogP contribution < -0.4 is 0 Å². The molecule has 4 nitrogen and oxygen atoms in total. The van der Waals surface area contributed by atoms with Crippen LogP contribution in [-0.2, 0) is 12.7 Å². The maximum atomic E-state index is 12.8. The van der Waals surface area contributed by atoms with Crippen molar-refractivity contribution in [2.75, 3.05) is 0 Å². The van der Waals surface area contributed by atoms with Crippen LogP contribution in [0.4, 0.5) is 13.2 Å². The van der Waals surface area contributed by atoms with Crippen LogP contribution in [0.5, 0.6) is 0 Å². The topological polar surface area (TPSA) is 43.9 Å². The van der Waals surface area contributed by atoms with Gasteiger partial charge in [0.05, 0.1) is 18.4 Å². The highest BCUT2D eigenvalue weighted by molar-refractivity contribution is 5.55. The zero-order valence-electron chi connectivity index (χ0n) is 11.6. The maximum absolute atomic E-state index is 12.8. The molecule has 0 aliphatic rings. The molecule has 0 N–H and O–H groups in total. The van der Waals surface area contributed by atoms with Gasteiger partial charge in [-0.1, -0.05) is 6.07 Å². The van der Waals surface area contributed by atoms with Gasteiger partial charge in [0.15, 0.2) is 0 Å². The van der Waals surface area contributed by atoms with Crippen molar-refractivity contribution in [3.8, 4) is 11.5 Å². The van der Waals surface area contributed by atoms with Crippen molar-refractivity contribution >= 4 is 0 Å². The Bertz CT molecular complexity index is 776. The Morgan fingerprint density at radius 3 is 2.77 bits per heavy atom. The van der Waals surface area contributed by atoms with Gasteiger partial charge in [0.1, 0.15) is 11.5 Å². The van der Waals surface area contributed by atoms with Crippen LogP contribution in [0.2, 0.25) is 0 Å². The quantitative estimate of drug-likeness (QED) is 0.737. The van der Waals surface area contributed by atoms with Crippen molar-refractivity contribution in [2.24, 2.45) is 0 Å². The molecule has 1 aromatic carbocycles. The van der Waals surface area contributed by atoms with E-state index in [0.717, 1.165) is 12.1 Å². The lowest BCUT2D eigenvalue weighted by Crippen LogP contribution is -2.04. The minimum atomic E-state index is -4.39. The number of imidazole rings is 1. The molecule has 7 heteroatoms. The number of halogens is 3. The van der Waals surface area contributed by atoms with E-state index in [2.05, 4.69) is 9.97 Å². The molecule has 0 aliphatic heterocycles. The molecule has 0 aliphatic carbocycles. The summed E-state index contributed by atoms with van der Waals surface area (Å²) in [6.07, 6.45) is 0.663. The van der Waals surface area contributed by atoms with Crippen molar-refractivity contribution in [1.82, 2.24) is 14.5 Å². The van der Waals surface area contributed by atoms with Gasteiger partial charge in [0.2, 0.25) is 5.89 Å². The Labute approximate surface area is 124 Å². The third-order valence-corrected chi connectivity index (χ3v) is 3.22. The lowest BCUT2D eigenvalue weighted by Gasteiger charge is -2.06. The van der Waals surface area contributed by atoms with E-state index in [1.807, 2.05) is 0 Å². The number of nitrogens with zero attached hydrogens (tertiary/aromatic N) is 3. The second-order valence-electron chi connectivity index (χ2n) is 4.84. The SMILES string of the molecule is Cc1oc(-c2cccc(C(F)(F)F)c2)nc1Cn1ccnc1. The summed E-state index contributed by atoms with van der Waals surface area (Å²) in [6.45, 7) is 2.19. The van der Waals surface area contributed by atoms with Gasteiger partial charge >= 0.3 is 6.18 Å². The number of hydrogen-bond donors (Lipinski definition) is 0. The summed E-state index contributed by atoms with van der Waals surface area (Å²) < 4.78 is 45.6.